The number of para-hydroxylation sites is 1. The number of carbonyl (C=O) groups is 1. The maximum atomic E-state index is 13.1. The quantitative estimate of drug-likeness (QED) is 0.437. The molecule has 1 aliphatic heterocycles. The molecule has 180 valence electrons. The largest absolute Gasteiger partial charge is 0.338 e. The van der Waals surface area contributed by atoms with Gasteiger partial charge in [-0.05, 0) is 43.0 Å². The van der Waals surface area contributed by atoms with Crippen molar-refractivity contribution < 1.29 is 13.2 Å². The van der Waals surface area contributed by atoms with Gasteiger partial charge in [0, 0.05) is 30.5 Å². The van der Waals surface area contributed by atoms with Crippen LogP contribution in [0.2, 0.25) is 0 Å². The lowest BCUT2D eigenvalue weighted by molar-refractivity contribution is -0.129. The van der Waals surface area contributed by atoms with Crippen molar-refractivity contribution in [1.29, 1.82) is 0 Å². The fraction of sp³-hybridized carbons (Fsp3) is 0.417. The first-order chi connectivity index (χ1) is 16.3. The van der Waals surface area contributed by atoms with Gasteiger partial charge >= 0.3 is 0 Å². The van der Waals surface area contributed by atoms with Crippen molar-refractivity contribution in [2.45, 2.75) is 44.3 Å². The summed E-state index contributed by atoms with van der Waals surface area (Å²) < 4.78 is 25.8. The summed E-state index contributed by atoms with van der Waals surface area (Å²) in [6.45, 7) is 6.63. The van der Waals surface area contributed by atoms with Gasteiger partial charge in [-0.3, -0.25) is 14.3 Å². The van der Waals surface area contributed by atoms with Gasteiger partial charge in [-0.2, -0.15) is 0 Å². The maximum Gasteiger partial charge on any atom is 0.233 e. The second-order valence-electron chi connectivity index (χ2n) is 8.62. The van der Waals surface area contributed by atoms with Gasteiger partial charge in [-0.1, -0.05) is 43.8 Å². The Bertz CT molecular complexity index is 1260. The molecule has 1 aliphatic rings. The highest BCUT2D eigenvalue weighted by Crippen LogP contribution is 2.32. The minimum atomic E-state index is -3.07. The van der Waals surface area contributed by atoms with Crippen molar-refractivity contribution in [3.8, 4) is 17.1 Å². The van der Waals surface area contributed by atoms with Crippen molar-refractivity contribution in [3.05, 3.63) is 54.4 Å². The fourth-order valence-electron chi connectivity index (χ4n) is 4.31. The highest BCUT2D eigenvalue weighted by Gasteiger charge is 2.34. The minimum Gasteiger partial charge on any atom is -0.338 e. The standard InChI is InChI=1S/C24H29N5O3S2/c1-4-28(19-11-13-34(31,32)16-19)22(30)15-33-24-27-26-23(18-8-7-12-25-14-18)29(24)21-10-6-5-9-20(21)17(2)3/h5-10,12,14,17,19H,4,11,13,15-16H2,1-3H3/t19-/m1/s1. The van der Waals surface area contributed by atoms with Crippen LogP contribution >= 0.6 is 11.8 Å². The van der Waals surface area contributed by atoms with Crippen LogP contribution in [0.3, 0.4) is 0 Å². The Morgan fingerprint density at radius 1 is 1.21 bits per heavy atom. The van der Waals surface area contributed by atoms with E-state index < -0.39 is 9.84 Å². The molecule has 1 atom stereocenters. The van der Waals surface area contributed by atoms with E-state index in [1.165, 1.54) is 11.8 Å². The van der Waals surface area contributed by atoms with E-state index in [-0.39, 0.29) is 35.1 Å². The predicted octanol–water partition coefficient (Wildman–Crippen LogP) is 3.58. The van der Waals surface area contributed by atoms with Gasteiger partial charge in [0.2, 0.25) is 5.91 Å². The van der Waals surface area contributed by atoms with Crippen molar-refractivity contribution in [1.82, 2.24) is 24.6 Å². The highest BCUT2D eigenvalue weighted by molar-refractivity contribution is 7.99. The zero-order chi connectivity index (χ0) is 24.3. The molecule has 0 bridgehead atoms. The Kier molecular flexibility index (Phi) is 7.37. The average molecular weight is 500 g/mol. The van der Waals surface area contributed by atoms with Gasteiger partial charge in [0.15, 0.2) is 20.8 Å². The highest BCUT2D eigenvalue weighted by atomic mass is 32.2. The molecule has 0 spiro atoms. The Morgan fingerprint density at radius 3 is 2.65 bits per heavy atom. The molecule has 1 fully saturated rings. The van der Waals surface area contributed by atoms with Crippen LogP contribution < -0.4 is 0 Å². The van der Waals surface area contributed by atoms with E-state index in [2.05, 4.69) is 35.1 Å². The molecule has 1 saturated heterocycles. The molecule has 0 saturated carbocycles. The molecule has 1 amide bonds. The van der Waals surface area contributed by atoms with Gasteiger partial charge in [0.25, 0.3) is 0 Å². The Labute approximate surface area is 204 Å². The molecule has 0 N–H and O–H groups in total. The third-order valence-corrected chi connectivity index (χ3v) is 8.65. The van der Waals surface area contributed by atoms with Gasteiger partial charge < -0.3 is 4.90 Å². The Morgan fingerprint density at radius 2 is 2.00 bits per heavy atom. The first-order valence-electron chi connectivity index (χ1n) is 11.4. The zero-order valence-corrected chi connectivity index (χ0v) is 21.2. The first kappa shape index (κ1) is 24.4. The Balaban J connectivity index is 1.65. The summed E-state index contributed by atoms with van der Waals surface area (Å²) in [6.07, 6.45) is 3.95. The van der Waals surface area contributed by atoms with Gasteiger partial charge in [0.05, 0.1) is 22.9 Å². The van der Waals surface area contributed by atoms with Crippen LogP contribution in [0, 0.1) is 0 Å². The molecule has 3 heterocycles. The molecule has 2 aromatic heterocycles. The summed E-state index contributed by atoms with van der Waals surface area (Å²) >= 11 is 1.32. The van der Waals surface area contributed by atoms with Crippen LogP contribution in [0.5, 0.6) is 0 Å². The molecule has 10 heteroatoms. The van der Waals surface area contributed by atoms with E-state index in [1.807, 2.05) is 41.8 Å². The number of benzene rings is 1. The topological polar surface area (TPSA) is 98.1 Å². The third kappa shape index (κ3) is 5.17. The van der Waals surface area contributed by atoms with E-state index in [4.69, 9.17) is 0 Å². The first-order valence-corrected chi connectivity index (χ1v) is 14.2. The molecule has 4 rings (SSSR count). The van der Waals surface area contributed by atoms with Crippen molar-refractivity contribution >= 4 is 27.5 Å². The van der Waals surface area contributed by atoms with Crippen molar-refractivity contribution in [3.63, 3.8) is 0 Å². The van der Waals surface area contributed by atoms with Crippen LogP contribution in [0.15, 0.2) is 53.9 Å². The summed E-state index contributed by atoms with van der Waals surface area (Å²) in [7, 11) is -3.07. The van der Waals surface area contributed by atoms with Crippen LogP contribution in [0.4, 0.5) is 0 Å². The number of sulfone groups is 1. The van der Waals surface area contributed by atoms with E-state index >= 15 is 0 Å². The number of amides is 1. The number of nitrogens with zero attached hydrogens (tertiary/aromatic N) is 5. The van der Waals surface area contributed by atoms with E-state index in [0.29, 0.717) is 23.9 Å². The smallest absolute Gasteiger partial charge is 0.233 e. The molecule has 8 nitrogen and oxygen atoms in total. The number of aromatic nitrogens is 4. The number of rotatable bonds is 8. The van der Waals surface area contributed by atoms with Crippen LogP contribution in [0.1, 0.15) is 38.7 Å². The zero-order valence-electron chi connectivity index (χ0n) is 19.6. The lowest BCUT2D eigenvalue weighted by Gasteiger charge is -2.26. The lowest BCUT2D eigenvalue weighted by atomic mass is 10.0. The summed E-state index contributed by atoms with van der Waals surface area (Å²) in [5.74, 6) is 1.18. The summed E-state index contributed by atoms with van der Waals surface area (Å²) in [6, 6.07) is 11.6. The second-order valence-corrected chi connectivity index (χ2v) is 11.8. The summed E-state index contributed by atoms with van der Waals surface area (Å²) in [5, 5.41) is 9.49. The lowest BCUT2D eigenvalue weighted by Crippen LogP contribution is -2.42. The number of hydrogen-bond donors (Lipinski definition) is 0. The maximum absolute atomic E-state index is 13.1. The van der Waals surface area contributed by atoms with E-state index in [0.717, 1.165) is 16.8 Å². The van der Waals surface area contributed by atoms with E-state index in [1.54, 1.807) is 17.3 Å². The van der Waals surface area contributed by atoms with Crippen LogP contribution in [-0.4, -0.2) is 68.8 Å². The number of carbonyl (C=O) groups excluding carboxylic acids is 1. The number of pyridine rings is 1. The van der Waals surface area contributed by atoms with Gasteiger partial charge in [0.1, 0.15) is 0 Å². The fourth-order valence-corrected chi connectivity index (χ4v) is 6.87. The molecule has 0 radical (unpaired) electrons. The van der Waals surface area contributed by atoms with Crippen LogP contribution in [0.25, 0.3) is 17.1 Å². The monoisotopic (exact) mass is 499 g/mol. The number of thioether (sulfide) groups is 1. The van der Waals surface area contributed by atoms with Gasteiger partial charge in [-0.25, -0.2) is 8.42 Å². The van der Waals surface area contributed by atoms with Crippen molar-refractivity contribution in [2.75, 3.05) is 23.8 Å². The normalized spacial score (nSPS) is 17.2. The molecule has 0 aliphatic carbocycles. The molecular weight excluding hydrogens is 470 g/mol. The minimum absolute atomic E-state index is 0.0420. The Hall–Kier alpha value is -2.72. The number of hydrogen-bond acceptors (Lipinski definition) is 7. The van der Waals surface area contributed by atoms with Gasteiger partial charge in [-0.15, -0.1) is 10.2 Å². The third-order valence-electron chi connectivity index (χ3n) is 5.99. The average Bonchev–Trinajstić information content (AvgIpc) is 3.41. The molecule has 3 aromatic rings. The predicted molar refractivity (Wildman–Crippen MR) is 134 cm³/mol. The summed E-state index contributed by atoms with van der Waals surface area (Å²) in [4.78, 5) is 19.0. The molecular formula is C24H29N5O3S2. The SMILES string of the molecule is CCN(C(=O)CSc1nnc(-c2cccnc2)n1-c1ccccc1C(C)C)[C@@H]1CCS(=O)(=O)C1. The summed E-state index contributed by atoms with van der Waals surface area (Å²) in [5.41, 5.74) is 2.94. The van der Waals surface area contributed by atoms with E-state index in [9.17, 15) is 13.2 Å². The molecule has 34 heavy (non-hydrogen) atoms. The van der Waals surface area contributed by atoms with Crippen molar-refractivity contribution in [2.24, 2.45) is 0 Å². The molecule has 0 unspecified atom stereocenters. The molecule has 1 aromatic carbocycles. The van der Waals surface area contributed by atoms with Crippen LogP contribution in [-0.2, 0) is 14.6 Å². The second kappa shape index (κ2) is 10.3.